The van der Waals surface area contributed by atoms with E-state index in [1.54, 1.807) is 47.5 Å². The van der Waals surface area contributed by atoms with Gasteiger partial charge in [-0.1, -0.05) is 0 Å². The predicted molar refractivity (Wildman–Crippen MR) is 111 cm³/mol. The Hall–Kier alpha value is -4.14. The largest absolute Gasteiger partial charge is 0.464 e. The van der Waals surface area contributed by atoms with Crippen molar-refractivity contribution in [2.75, 3.05) is 0 Å². The highest BCUT2D eigenvalue weighted by molar-refractivity contribution is 5.95. The van der Waals surface area contributed by atoms with E-state index in [2.05, 4.69) is 25.3 Å². The Morgan fingerprint density at radius 3 is 2.90 bits per heavy atom. The van der Waals surface area contributed by atoms with Gasteiger partial charge in [-0.25, -0.2) is 15.0 Å². The number of furan rings is 1. The van der Waals surface area contributed by atoms with Crippen LogP contribution in [-0.2, 0) is 6.54 Å². The number of hydrogen-bond donors (Lipinski definition) is 1. The van der Waals surface area contributed by atoms with E-state index >= 15 is 0 Å². The van der Waals surface area contributed by atoms with Crippen LogP contribution in [0.2, 0.25) is 0 Å². The Balaban J connectivity index is 1.45. The van der Waals surface area contributed by atoms with E-state index in [0.29, 0.717) is 47.1 Å². The molecule has 0 spiro atoms. The van der Waals surface area contributed by atoms with Crippen molar-refractivity contribution in [3.8, 4) is 22.7 Å². The lowest BCUT2D eigenvalue weighted by molar-refractivity contribution is 0.0927. The molecule has 1 aliphatic rings. The van der Waals surface area contributed by atoms with Crippen molar-refractivity contribution < 1.29 is 9.21 Å². The van der Waals surface area contributed by atoms with Gasteiger partial charge >= 0.3 is 0 Å². The SMILES string of the molecule is O=C(NC1CCCn2c1nc(-c1ccncn1)cc2=O)c1cncc(-c2ccco2)c1. The number of hydrogen-bond acceptors (Lipinski definition) is 7. The Labute approximate surface area is 176 Å². The molecule has 0 aromatic carbocycles. The van der Waals surface area contributed by atoms with Gasteiger partial charge in [-0.15, -0.1) is 0 Å². The lowest BCUT2D eigenvalue weighted by atomic mass is 10.0. The summed E-state index contributed by atoms with van der Waals surface area (Å²) in [5, 5.41) is 3.01. The minimum absolute atomic E-state index is 0.168. The van der Waals surface area contributed by atoms with Gasteiger partial charge in [-0.3, -0.25) is 19.1 Å². The number of carbonyl (C=O) groups excluding carboxylic acids is 1. The van der Waals surface area contributed by atoms with Crippen molar-refractivity contribution in [1.82, 2.24) is 29.8 Å². The molecule has 0 fully saturated rings. The van der Waals surface area contributed by atoms with Crippen LogP contribution in [-0.4, -0.2) is 30.4 Å². The highest BCUT2D eigenvalue weighted by atomic mass is 16.3. The molecule has 5 rings (SSSR count). The summed E-state index contributed by atoms with van der Waals surface area (Å²) in [6.07, 6.45) is 9.15. The smallest absolute Gasteiger partial charge is 0.254 e. The average Bonchev–Trinajstić information content (AvgIpc) is 3.35. The topological polar surface area (TPSA) is 116 Å². The molecular weight excluding hydrogens is 396 g/mol. The zero-order valence-corrected chi connectivity index (χ0v) is 16.4. The van der Waals surface area contributed by atoms with Gasteiger partial charge in [-0.05, 0) is 37.1 Å². The van der Waals surface area contributed by atoms with Crippen LogP contribution in [0.5, 0.6) is 0 Å². The molecule has 0 aliphatic carbocycles. The lowest BCUT2D eigenvalue weighted by Crippen LogP contribution is -2.38. The third-order valence-electron chi connectivity index (χ3n) is 5.18. The molecule has 0 saturated heterocycles. The zero-order valence-electron chi connectivity index (χ0n) is 16.4. The second-order valence-electron chi connectivity index (χ2n) is 7.19. The number of aromatic nitrogens is 5. The molecule has 31 heavy (non-hydrogen) atoms. The summed E-state index contributed by atoms with van der Waals surface area (Å²) in [6, 6.07) is 8.07. The van der Waals surface area contributed by atoms with E-state index in [1.165, 1.54) is 18.6 Å². The van der Waals surface area contributed by atoms with Crippen LogP contribution >= 0.6 is 0 Å². The number of nitrogens with zero attached hydrogens (tertiary/aromatic N) is 5. The van der Waals surface area contributed by atoms with Crippen molar-refractivity contribution >= 4 is 5.91 Å². The van der Waals surface area contributed by atoms with E-state index < -0.39 is 6.04 Å². The second kappa shape index (κ2) is 7.94. The van der Waals surface area contributed by atoms with Crippen LogP contribution in [0.1, 0.15) is 35.1 Å². The van der Waals surface area contributed by atoms with Crippen LogP contribution in [0.25, 0.3) is 22.7 Å². The number of amides is 1. The Morgan fingerprint density at radius 2 is 2.10 bits per heavy atom. The fourth-order valence-electron chi connectivity index (χ4n) is 3.69. The third kappa shape index (κ3) is 3.73. The van der Waals surface area contributed by atoms with Crippen LogP contribution in [0.15, 0.2) is 70.7 Å². The Kier molecular flexibility index (Phi) is 4.83. The summed E-state index contributed by atoms with van der Waals surface area (Å²) in [6.45, 7) is 0.563. The van der Waals surface area contributed by atoms with Gasteiger partial charge in [0, 0.05) is 36.8 Å². The molecule has 4 aromatic rings. The van der Waals surface area contributed by atoms with Crippen molar-refractivity contribution in [3.63, 3.8) is 0 Å². The molecule has 0 bridgehead atoms. The van der Waals surface area contributed by atoms with E-state index in [-0.39, 0.29) is 11.5 Å². The first-order valence-corrected chi connectivity index (χ1v) is 9.87. The van der Waals surface area contributed by atoms with Gasteiger partial charge in [-0.2, -0.15) is 0 Å². The maximum atomic E-state index is 13.0. The number of fused-ring (bicyclic) bond motifs is 1. The fourth-order valence-corrected chi connectivity index (χ4v) is 3.69. The summed E-state index contributed by atoms with van der Waals surface area (Å²) < 4.78 is 7.00. The molecule has 5 heterocycles. The lowest BCUT2D eigenvalue weighted by Gasteiger charge is -2.26. The maximum Gasteiger partial charge on any atom is 0.254 e. The number of carbonyl (C=O) groups is 1. The van der Waals surface area contributed by atoms with Gasteiger partial charge in [0.1, 0.15) is 17.9 Å². The molecule has 1 N–H and O–H groups in total. The first-order valence-electron chi connectivity index (χ1n) is 9.87. The molecule has 4 aromatic heterocycles. The van der Waals surface area contributed by atoms with Crippen LogP contribution in [0, 0.1) is 0 Å². The Morgan fingerprint density at radius 1 is 1.16 bits per heavy atom. The van der Waals surface area contributed by atoms with Gasteiger partial charge < -0.3 is 9.73 Å². The first kappa shape index (κ1) is 18.9. The highest BCUT2D eigenvalue weighted by Gasteiger charge is 2.26. The van der Waals surface area contributed by atoms with Gasteiger partial charge in [0.05, 0.1) is 29.3 Å². The van der Waals surface area contributed by atoms with Crippen molar-refractivity contribution in [3.05, 3.63) is 83.3 Å². The van der Waals surface area contributed by atoms with Crippen molar-refractivity contribution in [2.24, 2.45) is 0 Å². The molecule has 1 atom stereocenters. The van der Waals surface area contributed by atoms with E-state index in [1.807, 2.05) is 0 Å². The third-order valence-corrected chi connectivity index (χ3v) is 5.18. The molecule has 0 radical (unpaired) electrons. The van der Waals surface area contributed by atoms with Gasteiger partial charge in [0.25, 0.3) is 11.5 Å². The van der Waals surface area contributed by atoms with Gasteiger partial charge in [0.2, 0.25) is 0 Å². The van der Waals surface area contributed by atoms with Crippen molar-refractivity contribution in [1.29, 1.82) is 0 Å². The van der Waals surface area contributed by atoms with Crippen LogP contribution < -0.4 is 10.9 Å². The quantitative estimate of drug-likeness (QED) is 0.546. The fraction of sp³-hybridized carbons (Fsp3) is 0.182. The normalized spacial score (nSPS) is 15.3. The number of pyridine rings is 1. The maximum absolute atomic E-state index is 13.0. The molecule has 154 valence electrons. The summed E-state index contributed by atoms with van der Waals surface area (Å²) in [5.41, 5.74) is 1.96. The minimum atomic E-state index is -0.400. The molecule has 1 unspecified atom stereocenters. The van der Waals surface area contributed by atoms with E-state index in [9.17, 15) is 9.59 Å². The molecule has 9 heteroatoms. The van der Waals surface area contributed by atoms with E-state index in [0.717, 1.165) is 6.42 Å². The first-order chi connectivity index (χ1) is 15.2. The van der Waals surface area contributed by atoms with Crippen molar-refractivity contribution in [2.45, 2.75) is 25.4 Å². The molecule has 0 saturated carbocycles. The highest BCUT2D eigenvalue weighted by Crippen LogP contribution is 2.25. The molecular formula is C22H18N6O3. The standard InChI is InChI=1S/C22H18N6O3/c29-20-10-18(16-5-6-23-13-25-16)26-21-17(3-1-7-28(20)21)27-22(30)15-9-14(11-24-12-15)19-4-2-8-31-19/h2,4-6,8-13,17H,1,3,7H2,(H,27,30). The summed E-state index contributed by atoms with van der Waals surface area (Å²) in [4.78, 5) is 42.6. The monoisotopic (exact) mass is 414 g/mol. The minimum Gasteiger partial charge on any atom is -0.464 e. The second-order valence-corrected chi connectivity index (χ2v) is 7.19. The average molecular weight is 414 g/mol. The summed E-state index contributed by atoms with van der Waals surface area (Å²) in [7, 11) is 0. The van der Waals surface area contributed by atoms with E-state index in [4.69, 9.17) is 4.42 Å². The zero-order chi connectivity index (χ0) is 21.2. The summed E-state index contributed by atoms with van der Waals surface area (Å²) in [5.74, 6) is 0.866. The predicted octanol–water partition coefficient (Wildman–Crippen LogP) is 2.62. The van der Waals surface area contributed by atoms with Crippen LogP contribution in [0.3, 0.4) is 0 Å². The van der Waals surface area contributed by atoms with Crippen LogP contribution in [0.4, 0.5) is 0 Å². The number of nitrogens with one attached hydrogen (secondary N) is 1. The van der Waals surface area contributed by atoms with Gasteiger partial charge in [0.15, 0.2) is 0 Å². The molecule has 1 aliphatic heterocycles. The molecule has 1 amide bonds. The summed E-state index contributed by atoms with van der Waals surface area (Å²) >= 11 is 0. The number of rotatable bonds is 4. The Bertz CT molecular complexity index is 1280. The molecule has 9 nitrogen and oxygen atoms in total.